The molecule has 0 unspecified atom stereocenters. The monoisotopic (exact) mass is 269 g/mol. The Morgan fingerprint density at radius 1 is 1.26 bits per heavy atom. The normalized spacial score (nSPS) is 22.9. The zero-order valence-corrected chi connectivity index (χ0v) is 10.8. The molecule has 3 nitrogen and oxygen atoms in total. The van der Waals surface area contributed by atoms with E-state index in [2.05, 4.69) is 5.32 Å². The Labute approximate surface area is 111 Å². The summed E-state index contributed by atoms with van der Waals surface area (Å²) < 4.78 is 31.0. The van der Waals surface area contributed by atoms with Crippen molar-refractivity contribution in [3.63, 3.8) is 0 Å². The summed E-state index contributed by atoms with van der Waals surface area (Å²) in [5, 5.41) is 3.06. The van der Waals surface area contributed by atoms with E-state index in [-0.39, 0.29) is 17.9 Å². The number of methoxy groups -OCH3 is 1. The van der Waals surface area contributed by atoms with Gasteiger partial charge in [-0.05, 0) is 37.8 Å². The molecule has 1 aromatic rings. The summed E-state index contributed by atoms with van der Waals surface area (Å²) >= 11 is 0. The van der Waals surface area contributed by atoms with E-state index in [1.165, 1.54) is 19.2 Å². The number of nitrogens with one attached hydrogen (secondary N) is 1. The number of halogens is 2. The SMILES string of the molecule is COC(=O)C1CCC(Nc2ccc(F)cc2F)CC1. The number of benzene rings is 1. The second-order valence-corrected chi connectivity index (χ2v) is 4.84. The van der Waals surface area contributed by atoms with Gasteiger partial charge in [-0.2, -0.15) is 0 Å². The van der Waals surface area contributed by atoms with Gasteiger partial charge in [-0.1, -0.05) is 0 Å². The van der Waals surface area contributed by atoms with Crippen LogP contribution in [0.2, 0.25) is 0 Å². The first kappa shape index (κ1) is 13.8. The van der Waals surface area contributed by atoms with Gasteiger partial charge in [0.05, 0.1) is 18.7 Å². The molecule has 0 amide bonds. The van der Waals surface area contributed by atoms with Crippen LogP contribution in [0.4, 0.5) is 14.5 Å². The van der Waals surface area contributed by atoms with Crippen LogP contribution < -0.4 is 5.32 Å². The smallest absolute Gasteiger partial charge is 0.308 e. The molecule has 0 aromatic heterocycles. The first-order valence-electron chi connectivity index (χ1n) is 6.39. The van der Waals surface area contributed by atoms with Crippen LogP contribution in [0.1, 0.15) is 25.7 Å². The number of hydrogen-bond donors (Lipinski definition) is 1. The Hall–Kier alpha value is -1.65. The predicted molar refractivity (Wildman–Crippen MR) is 67.7 cm³/mol. The van der Waals surface area contributed by atoms with Gasteiger partial charge in [0.25, 0.3) is 0 Å². The van der Waals surface area contributed by atoms with Gasteiger partial charge >= 0.3 is 5.97 Å². The fraction of sp³-hybridized carbons (Fsp3) is 0.500. The molecular formula is C14H17F2NO2. The summed E-state index contributed by atoms with van der Waals surface area (Å²) in [4.78, 5) is 11.4. The third kappa shape index (κ3) is 3.43. The summed E-state index contributed by atoms with van der Waals surface area (Å²) in [6.07, 6.45) is 3.01. The van der Waals surface area contributed by atoms with Gasteiger partial charge in [0.15, 0.2) is 0 Å². The summed E-state index contributed by atoms with van der Waals surface area (Å²) in [5.74, 6) is -1.40. The third-order valence-corrected chi connectivity index (χ3v) is 3.55. The lowest BCUT2D eigenvalue weighted by Gasteiger charge is -2.28. The largest absolute Gasteiger partial charge is 0.469 e. The predicted octanol–water partition coefficient (Wildman–Crippen LogP) is 3.11. The Balaban J connectivity index is 1.90. The van der Waals surface area contributed by atoms with Crippen molar-refractivity contribution < 1.29 is 18.3 Å². The van der Waals surface area contributed by atoms with E-state index in [0.717, 1.165) is 31.7 Å². The Morgan fingerprint density at radius 3 is 2.53 bits per heavy atom. The second-order valence-electron chi connectivity index (χ2n) is 4.84. The minimum Gasteiger partial charge on any atom is -0.469 e. The van der Waals surface area contributed by atoms with Crippen molar-refractivity contribution in [1.82, 2.24) is 0 Å². The molecule has 1 aliphatic rings. The molecule has 0 aliphatic heterocycles. The molecule has 0 saturated heterocycles. The molecule has 1 saturated carbocycles. The molecule has 2 rings (SSSR count). The number of rotatable bonds is 3. The van der Waals surface area contributed by atoms with Crippen LogP contribution in [0.3, 0.4) is 0 Å². The maximum atomic E-state index is 13.5. The van der Waals surface area contributed by atoms with Crippen molar-refractivity contribution in [3.05, 3.63) is 29.8 Å². The highest BCUT2D eigenvalue weighted by molar-refractivity contribution is 5.72. The number of carbonyl (C=O) groups is 1. The van der Waals surface area contributed by atoms with Gasteiger partial charge in [-0.25, -0.2) is 8.78 Å². The summed E-state index contributed by atoms with van der Waals surface area (Å²) in [5.41, 5.74) is 0.308. The van der Waals surface area contributed by atoms with Crippen LogP contribution in [-0.2, 0) is 9.53 Å². The molecule has 1 N–H and O–H groups in total. The summed E-state index contributed by atoms with van der Waals surface area (Å²) in [6.45, 7) is 0. The van der Waals surface area contributed by atoms with Gasteiger partial charge < -0.3 is 10.1 Å². The zero-order valence-electron chi connectivity index (χ0n) is 10.8. The molecule has 104 valence electrons. The van der Waals surface area contributed by atoms with Gasteiger partial charge in [-0.15, -0.1) is 0 Å². The number of esters is 1. The number of carbonyl (C=O) groups excluding carboxylic acids is 1. The molecule has 0 atom stereocenters. The van der Waals surface area contributed by atoms with Crippen molar-refractivity contribution in [2.45, 2.75) is 31.7 Å². The van der Waals surface area contributed by atoms with E-state index in [0.29, 0.717) is 5.69 Å². The van der Waals surface area contributed by atoms with Gasteiger partial charge in [-0.3, -0.25) is 4.79 Å². The average Bonchev–Trinajstić information content (AvgIpc) is 2.42. The van der Waals surface area contributed by atoms with Gasteiger partial charge in [0, 0.05) is 12.1 Å². The van der Waals surface area contributed by atoms with Crippen molar-refractivity contribution in [2.24, 2.45) is 5.92 Å². The number of hydrogen-bond acceptors (Lipinski definition) is 3. The lowest BCUT2D eigenvalue weighted by Crippen LogP contribution is -2.30. The molecule has 1 aliphatic carbocycles. The van der Waals surface area contributed by atoms with E-state index < -0.39 is 11.6 Å². The highest BCUT2D eigenvalue weighted by Crippen LogP contribution is 2.28. The Bertz CT molecular complexity index is 457. The highest BCUT2D eigenvalue weighted by atomic mass is 19.1. The summed E-state index contributed by atoms with van der Waals surface area (Å²) in [7, 11) is 1.39. The molecule has 0 radical (unpaired) electrons. The molecule has 0 bridgehead atoms. The average molecular weight is 269 g/mol. The Morgan fingerprint density at radius 2 is 1.95 bits per heavy atom. The minimum atomic E-state index is -0.588. The van der Waals surface area contributed by atoms with Crippen LogP contribution >= 0.6 is 0 Å². The molecule has 0 heterocycles. The molecule has 19 heavy (non-hydrogen) atoms. The Kier molecular flexibility index (Phi) is 4.35. The van der Waals surface area contributed by atoms with Crippen LogP contribution in [0, 0.1) is 17.6 Å². The summed E-state index contributed by atoms with van der Waals surface area (Å²) in [6, 6.07) is 3.60. The van der Waals surface area contributed by atoms with Crippen LogP contribution in [0.15, 0.2) is 18.2 Å². The topological polar surface area (TPSA) is 38.3 Å². The minimum absolute atomic E-state index is 0.0545. The lowest BCUT2D eigenvalue weighted by molar-refractivity contribution is -0.146. The molecule has 0 spiro atoms. The maximum Gasteiger partial charge on any atom is 0.308 e. The maximum absolute atomic E-state index is 13.5. The fourth-order valence-electron chi connectivity index (χ4n) is 2.47. The van der Waals surface area contributed by atoms with Gasteiger partial charge in [0.1, 0.15) is 11.6 Å². The van der Waals surface area contributed by atoms with E-state index in [9.17, 15) is 13.6 Å². The zero-order chi connectivity index (χ0) is 13.8. The standard InChI is InChI=1S/C14H17F2NO2/c1-19-14(18)9-2-5-11(6-3-9)17-13-7-4-10(15)8-12(13)16/h4,7-9,11,17H,2-3,5-6H2,1H3. The second kappa shape index (κ2) is 5.99. The molecule has 1 aromatic carbocycles. The number of ether oxygens (including phenoxy) is 1. The van der Waals surface area contributed by atoms with Crippen LogP contribution in [-0.4, -0.2) is 19.1 Å². The van der Waals surface area contributed by atoms with Crippen molar-refractivity contribution in [3.8, 4) is 0 Å². The third-order valence-electron chi connectivity index (χ3n) is 3.55. The quantitative estimate of drug-likeness (QED) is 0.857. The molecular weight excluding hydrogens is 252 g/mol. The van der Waals surface area contributed by atoms with E-state index >= 15 is 0 Å². The lowest BCUT2D eigenvalue weighted by atomic mass is 9.86. The highest BCUT2D eigenvalue weighted by Gasteiger charge is 2.27. The number of anilines is 1. The van der Waals surface area contributed by atoms with E-state index in [4.69, 9.17) is 4.74 Å². The van der Waals surface area contributed by atoms with Crippen molar-refractivity contribution >= 4 is 11.7 Å². The first-order valence-corrected chi connectivity index (χ1v) is 6.39. The van der Waals surface area contributed by atoms with E-state index in [1.807, 2.05) is 0 Å². The van der Waals surface area contributed by atoms with Crippen LogP contribution in [0.5, 0.6) is 0 Å². The first-order chi connectivity index (χ1) is 9.10. The van der Waals surface area contributed by atoms with E-state index in [1.54, 1.807) is 0 Å². The molecule has 1 fully saturated rings. The van der Waals surface area contributed by atoms with Crippen molar-refractivity contribution in [2.75, 3.05) is 12.4 Å². The molecule has 5 heteroatoms. The van der Waals surface area contributed by atoms with Crippen molar-refractivity contribution in [1.29, 1.82) is 0 Å². The van der Waals surface area contributed by atoms with Crippen LogP contribution in [0.25, 0.3) is 0 Å². The van der Waals surface area contributed by atoms with Gasteiger partial charge in [0.2, 0.25) is 0 Å². The fourth-order valence-corrected chi connectivity index (χ4v) is 2.47.